The van der Waals surface area contributed by atoms with Crippen LogP contribution in [-0.2, 0) is 6.54 Å². The summed E-state index contributed by atoms with van der Waals surface area (Å²) in [5, 5.41) is 11.1. The van der Waals surface area contributed by atoms with Crippen LogP contribution in [0.5, 0.6) is 0 Å². The Kier molecular flexibility index (Phi) is 2.93. The second-order valence-electron chi connectivity index (χ2n) is 4.44. The van der Waals surface area contributed by atoms with E-state index in [1.807, 2.05) is 6.92 Å². The molecule has 0 atom stereocenters. The van der Waals surface area contributed by atoms with Crippen molar-refractivity contribution in [3.63, 3.8) is 0 Å². The van der Waals surface area contributed by atoms with E-state index in [4.69, 9.17) is 0 Å². The first-order valence-electron chi connectivity index (χ1n) is 4.71. The van der Waals surface area contributed by atoms with Crippen molar-refractivity contribution >= 4 is 0 Å². The first-order valence-corrected chi connectivity index (χ1v) is 4.71. The smallest absolute Gasteiger partial charge is 0.149 e. The Labute approximate surface area is 84.8 Å². The molecule has 1 heterocycles. The molecule has 0 unspecified atom stereocenters. The Bertz CT molecular complexity index is 319. The van der Waals surface area contributed by atoms with Crippen LogP contribution in [0.1, 0.15) is 32.4 Å². The standard InChI is InChI=1S/C10H18N4/c1-7(10(3,4)5)11-6-9-12-8(2)13-14-9/h11H,1,6H2,2-5H3,(H,12,13,14). The summed E-state index contributed by atoms with van der Waals surface area (Å²) in [4.78, 5) is 3.06. The minimum absolute atomic E-state index is 0.0784. The van der Waals surface area contributed by atoms with E-state index < -0.39 is 0 Å². The minimum Gasteiger partial charge on any atom is -0.381 e. The molecule has 0 bridgehead atoms. The van der Waals surface area contributed by atoms with Crippen LogP contribution in [0.15, 0.2) is 12.3 Å². The topological polar surface area (TPSA) is 53.6 Å². The molecule has 0 fully saturated rings. The normalized spacial score (nSPS) is 11.4. The van der Waals surface area contributed by atoms with Gasteiger partial charge in [-0.1, -0.05) is 27.4 Å². The zero-order valence-corrected chi connectivity index (χ0v) is 9.31. The molecule has 2 N–H and O–H groups in total. The highest BCUT2D eigenvalue weighted by Gasteiger charge is 2.14. The molecule has 0 amide bonds. The molecule has 0 aromatic carbocycles. The maximum absolute atomic E-state index is 3.97. The van der Waals surface area contributed by atoms with Crippen molar-refractivity contribution in [2.24, 2.45) is 5.41 Å². The van der Waals surface area contributed by atoms with Crippen LogP contribution in [0.2, 0.25) is 0 Å². The number of nitrogens with one attached hydrogen (secondary N) is 2. The first kappa shape index (κ1) is 10.8. The van der Waals surface area contributed by atoms with Crippen molar-refractivity contribution in [2.75, 3.05) is 0 Å². The summed E-state index contributed by atoms with van der Waals surface area (Å²) in [6.45, 7) is 12.9. The highest BCUT2D eigenvalue weighted by molar-refractivity contribution is 5.03. The van der Waals surface area contributed by atoms with Crippen LogP contribution in [0.4, 0.5) is 0 Å². The predicted octanol–water partition coefficient (Wildman–Crippen LogP) is 1.76. The van der Waals surface area contributed by atoms with Crippen LogP contribution in [-0.4, -0.2) is 15.2 Å². The van der Waals surface area contributed by atoms with E-state index in [-0.39, 0.29) is 5.41 Å². The van der Waals surface area contributed by atoms with Gasteiger partial charge in [0.15, 0.2) is 0 Å². The molecular weight excluding hydrogens is 176 g/mol. The second kappa shape index (κ2) is 3.82. The van der Waals surface area contributed by atoms with E-state index in [1.165, 1.54) is 0 Å². The Morgan fingerprint density at radius 1 is 1.43 bits per heavy atom. The van der Waals surface area contributed by atoms with E-state index in [2.05, 4.69) is 47.8 Å². The monoisotopic (exact) mass is 194 g/mol. The molecule has 0 aliphatic rings. The maximum atomic E-state index is 3.97. The number of aromatic nitrogens is 3. The van der Waals surface area contributed by atoms with Crippen LogP contribution in [0, 0.1) is 12.3 Å². The number of hydrogen-bond donors (Lipinski definition) is 2. The van der Waals surface area contributed by atoms with Gasteiger partial charge < -0.3 is 10.3 Å². The summed E-state index contributed by atoms with van der Waals surface area (Å²) >= 11 is 0. The van der Waals surface area contributed by atoms with Gasteiger partial charge in [-0.2, -0.15) is 0 Å². The van der Waals surface area contributed by atoms with E-state index >= 15 is 0 Å². The molecule has 0 spiro atoms. The van der Waals surface area contributed by atoms with Crippen LogP contribution < -0.4 is 5.32 Å². The molecule has 78 valence electrons. The zero-order chi connectivity index (χ0) is 10.8. The lowest BCUT2D eigenvalue weighted by atomic mass is 9.93. The van der Waals surface area contributed by atoms with Gasteiger partial charge in [-0.3, -0.25) is 0 Å². The van der Waals surface area contributed by atoms with Gasteiger partial charge in [0.05, 0.1) is 6.54 Å². The summed E-state index contributed by atoms with van der Waals surface area (Å²) in [5.74, 6) is 1.68. The number of aromatic amines is 1. The lowest BCUT2D eigenvalue weighted by molar-refractivity contribution is 0.459. The molecule has 1 aromatic heterocycles. The lowest BCUT2D eigenvalue weighted by Crippen LogP contribution is -2.23. The molecular formula is C10H18N4. The van der Waals surface area contributed by atoms with Gasteiger partial charge >= 0.3 is 0 Å². The summed E-state index contributed by atoms with van der Waals surface area (Å²) in [7, 11) is 0. The molecule has 0 aliphatic heterocycles. The van der Waals surface area contributed by atoms with Gasteiger partial charge in [-0.25, -0.2) is 0 Å². The molecule has 4 heteroatoms. The SMILES string of the molecule is C=C(NCc1nnc(C)[nH]1)C(C)(C)C. The Morgan fingerprint density at radius 2 is 2.07 bits per heavy atom. The molecule has 0 saturated heterocycles. The fourth-order valence-corrected chi connectivity index (χ4v) is 0.929. The molecule has 0 radical (unpaired) electrons. The molecule has 1 aromatic rings. The predicted molar refractivity (Wildman–Crippen MR) is 56.6 cm³/mol. The summed E-state index contributed by atoms with van der Waals surface area (Å²) in [6, 6.07) is 0. The molecule has 0 saturated carbocycles. The highest BCUT2D eigenvalue weighted by atomic mass is 15.2. The lowest BCUT2D eigenvalue weighted by Gasteiger charge is -2.22. The first-order chi connectivity index (χ1) is 6.39. The van der Waals surface area contributed by atoms with Crippen LogP contribution in [0.25, 0.3) is 0 Å². The van der Waals surface area contributed by atoms with Gasteiger partial charge in [0.2, 0.25) is 0 Å². The Balaban J connectivity index is 2.46. The number of nitrogens with zero attached hydrogens (tertiary/aromatic N) is 2. The van der Waals surface area contributed by atoms with Gasteiger partial charge in [-0.15, -0.1) is 10.2 Å². The zero-order valence-electron chi connectivity index (χ0n) is 9.31. The van der Waals surface area contributed by atoms with Gasteiger partial charge in [0.1, 0.15) is 11.6 Å². The summed E-state index contributed by atoms with van der Waals surface area (Å²) in [6.07, 6.45) is 0. The van der Waals surface area contributed by atoms with E-state index in [9.17, 15) is 0 Å². The summed E-state index contributed by atoms with van der Waals surface area (Å²) < 4.78 is 0. The van der Waals surface area contributed by atoms with Crippen molar-refractivity contribution in [2.45, 2.75) is 34.2 Å². The number of rotatable bonds is 3. The minimum atomic E-state index is 0.0784. The Hall–Kier alpha value is -1.32. The second-order valence-corrected chi connectivity index (χ2v) is 4.44. The number of H-pyrrole nitrogens is 1. The molecule has 14 heavy (non-hydrogen) atoms. The van der Waals surface area contributed by atoms with Gasteiger partial charge in [0.25, 0.3) is 0 Å². The van der Waals surface area contributed by atoms with Crippen LogP contribution in [0.3, 0.4) is 0 Å². The fourth-order valence-electron chi connectivity index (χ4n) is 0.929. The van der Waals surface area contributed by atoms with E-state index in [0.717, 1.165) is 17.3 Å². The van der Waals surface area contributed by atoms with Crippen LogP contribution >= 0.6 is 0 Å². The largest absolute Gasteiger partial charge is 0.381 e. The van der Waals surface area contributed by atoms with Crippen molar-refractivity contribution in [3.05, 3.63) is 23.9 Å². The molecule has 0 aliphatic carbocycles. The van der Waals surface area contributed by atoms with E-state index in [1.54, 1.807) is 0 Å². The van der Waals surface area contributed by atoms with Crippen molar-refractivity contribution in [1.82, 2.24) is 20.5 Å². The summed E-state index contributed by atoms with van der Waals surface area (Å²) in [5.41, 5.74) is 1.08. The van der Waals surface area contributed by atoms with Crippen molar-refractivity contribution in [1.29, 1.82) is 0 Å². The third kappa shape index (κ3) is 2.87. The average molecular weight is 194 g/mol. The average Bonchev–Trinajstić information content (AvgIpc) is 2.45. The molecule has 4 nitrogen and oxygen atoms in total. The van der Waals surface area contributed by atoms with Gasteiger partial charge in [0, 0.05) is 11.1 Å². The molecule has 1 rings (SSSR count). The van der Waals surface area contributed by atoms with E-state index in [0.29, 0.717) is 6.54 Å². The number of aryl methyl sites for hydroxylation is 1. The van der Waals surface area contributed by atoms with Gasteiger partial charge in [-0.05, 0) is 6.92 Å². The quantitative estimate of drug-likeness (QED) is 0.771. The maximum Gasteiger partial charge on any atom is 0.149 e. The third-order valence-electron chi connectivity index (χ3n) is 2.02. The highest BCUT2D eigenvalue weighted by Crippen LogP contribution is 2.20. The Morgan fingerprint density at radius 3 is 2.50 bits per heavy atom. The third-order valence-corrected chi connectivity index (χ3v) is 2.02. The van der Waals surface area contributed by atoms with Crippen molar-refractivity contribution in [3.8, 4) is 0 Å². The number of allylic oxidation sites excluding steroid dienone is 1. The van der Waals surface area contributed by atoms with Crippen molar-refractivity contribution < 1.29 is 0 Å². The number of hydrogen-bond acceptors (Lipinski definition) is 3. The fraction of sp³-hybridized carbons (Fsp3) is 0.600.